The van der Waals surface area contributed by atoms with Crippen molar-refractivity contribution in [2.24, 2.45) is 23.2 Å². The van der Waals surface area contributed by atoms with E-state index in [4.69, 9.17) is 18.9 Å². The Morgan fingerprint density at radius 3 is 2.79 bits per heavy atom. The highest BCUT2D eigenvalue weighted by atomic mass is 16.7. The van der Waals surface area contributed by atoms with Crippen molar-refractivity contribution in [3.8, 4) is 0 Å². The van der Waals surface area contributed by atoms with Gasteiger partial charge in [0.1, 0.15) is 18.3 Å². The van der Waals surface area contributed by atoms with Crippen molar-refractivity contribution in [1.82, 2.24) is 0 Å². The van der Waals surface area contributed by atoms with Crippen LogP contribution in [-0.4, -0.2) is 59.9 Å². The molecule has 6 heteroatoms. The molecule has 2 saturated carbocycles. The molecule has 4 fully saturated rings. The summed E-state index contributed by atoms with van der Waals surface area (Å²) in [6.45, 7) is 12.7. The topological polar surface area (TPSA) is 80.7 Å². The third-order valence-electron chi connectivity index (χ3n) is 7.73. The largest absolute Gasteiger partial charge is 0.375 e. The van der Waals surface area contributed by atoms with Crippen molar-refractivity contribution in [3.63, 3.8) is 0 Å². The molecule has 28 heavy (non-hydrogen) atoms. The molecular formula is C22H36O6. The van der Waals surface area contributed by atoms with Crippen LogP contribution in [0.25, 0.3) is 0 Å². The number of ether oxygens (including phenoxy) is 4. The van der Waals surface area contributed by atoms with Crippen LogP contribution in [0.4, 0.5) is 0 Å². The number of allylic oxidation sites excluding steroid dienone is 1. The van der Waals surface area contributed by atoms with E-state index in [2.05, 4.69) is 20.4 Å². The Morgan fingerprint density at radius 2 is 2.11 bits per heavy atom. The van der Waals surface area contributed by atoms with Gasteiger partial charge in [0.05, 0.1) is 12.2 Å². The van der Waals surface area contributed by atoms with Crippen LogP contribution < -0.4 is 0 Å². The van der Waals surface area contributed by atoms with Crippen LogP contribution in [0.3, 0.4) is 0 Å². The normalized spacial score (nSPS) is 42.6. The van der Waals surface area contributed by atoms with E-state index in [0.717, 1.165) is 25.0 Å². The van der Waals surface area contributed by atoms with Crippen LogP contribution in [0.15, 0.2) is 12.2 Å². The Balaban J connectivity index is 1.33. The molecule has 6 nitrogen and oxygen atoms in total. The summed E-state index contributed by atoms with van der Waals surface area (Å²) in [7, 11) is 0. The van der Waals surface area contributed by atoms with Gasteiger partial charge in [-0.05, 0) is 44.4 Å². The van der Waals surface area contributed by atoms with Crippen LogP contribution in [0, 0.1) is 23.2 Å². The van der Waals surface area contributed by atoms with Crippen molar-refractivity contribution in [2.75, 3.05) is 13.2 Å². The predicted molar refractivity (Wildman–Crippen MR) is 103 cm³/mol. The highest BCUT2D eigenvalue weighted by molar-refractivity contribution is 5.31. The van der Waals surface area contributed by atoms with Gasteiger partial charge in [-0.15, -0.1) is 6.58 Å². The van der Waals surface area contributed by atoms with Gasteiger partial charge in [-0.1, -0.05) is 26.3 Å². The highest BCUT2D eigenvalue weighted by Crippen LogP contribution is 2.69. The van der Waals surface area contributed by atoms with E-state index in [0.29, 0.717) is 18.3 Å². The van der Waals surface area contributed by atoms with Gasteiger partial charge in [-0.25, -0.2) is 0 Å². The minimum absolute atomic E-state index is 0.00363. The smallest absolute Gasteiger partial charge is 0.178 e. The van der Waals surface area contributed by atoms with Gasteiger partial charge in [-0.2, -0.15) is 0 Å². The van der Waals surface area contributed by atoms with Gasteiger partial charge >= 0.3 is 0 Å². The maximum absolute atomic E-state index is 10.7. The van der Waals surface area contributed by atoms with E-state index < -0.39 is 18.0 Å². The highest BCUT2D eigenvalue weighted by Gasteiger charge is 2.83. The first-order chi connectivity index (χ1) is 13.2. The lowest BCUT2D eigenvalue weighted by Crippen LogP contribution is -2.66. The zero-order chi connectivity index (χ0) is 20.3. The molecule has 0 amide bonds. The van der Waals surface area contributed by atoms with Crippen molar-refractivity contribution in [3.05, 3.63) is 12.2 Å². The molecule has 2 aliphatic carbocycles. The quantitative estimate of drug-likeness (QED) is 0.354. The average molecular weight is 397 g/mol. The Hall–Kier alpha value is -0.500. The molecule has 0 aromatic carbocycles. The molecule has 2 aliphatic heterocycles. The number of epoxide rings is 1. The minimum Gasteiger partial charge on any atom is -0.375 e. The van der Waals surface area contributed by atoms with Crippen LogP contribution in [0.2, 0.25) is 0 Å². The van der Waals surface area contributed by atoms with Gasteiger partial charge < -0.3 is 29.2 Å². The fraction of sp³-hybridized carbons (Fsp3) is 0.909. The summed E-state index contributed by atoms with van der Waals surface area (Å²) >= 11 is 0. The Labute approximate surface area is 168 Å². The standard InChI is InChI=1S/C22H36O6/c1-12(2)10-21(5,13(3)4)20(24)26-11-16(23)27-19-18-17-14(7-6-8-25-18)9-15-22(17,19)28-15/h13-20,23-24H,1,6-11H2,2-5H3. The summed E-state index contributed by atoms with van der Waals surface area (Å²) in [6.07, 6.45) is 1.91. The summed E-state index contributed by atoms with van der Waals surface area (Å²) < 4.78 is 23.6. The molecule has 4 rings (SSSR count). The number of aliphatic hydroxyl groups excluding tert-OH is 2. The first-order valence-corrected chi connectivity index (χ1v) is 10.8. The van der Waals surface area contributed by atoms with E-state index in [1.54, 1.807) is 0 Å². The van der Waals surface area contributed by atoms with Crippen molar-refractivity contribution in [2.45, 2.75) is 89.9 Å². The third kappa shape index (κ3) is 3.17. The van der Waals surface area contributed by atoms with E-state index >= 15 is 0 Å². The molecule has 4 aliphatic rings. The second-order valence-electron chi connectivity index (χ2n) is 9.95. The van der Waals surface area contributed by atoms with Gasteiger partial charge in [0, 0.05) is 17.9 Å². The van der Waals surface area contributed by atoms with E-state index in [9.17, 15) is 10.2 Å². The van der Waals surface area contributed by atoms with Crippen molar-refractivity contribution >= 4 is 0 Å². The maximum Gasteiger partial charge on any atom is 0.178 e. The monoisotopic (exact) mass is 396 g/mol. The molecular weight excluding hydrogens is 360 g/mol. The second-order valence-corrected chi connectivity index (χ2v) is 9.95. The fourth-order valence-electron chi connectivity index (χ4n) is 5.86. The predicted octanol–water partition coefficient (Wildman–Crippen LogP) is 2.62. The molecule has 9 unspecified atom stereocenters. The van der Waals surface area contributed by atoms with E-state index in [1.807, 2.05) is 13.8 Å². The molecule has 0 aromatic rings. The second kappa shape index (κ2) is 7.33. The Morgan fingerprint density at radius 1 is 1.36 bits per heavy atom. The minimum atomic E-state index is -1.12. The zero-order valence-corrected chi connectivity index (χ0v) is 17.6. The fourth-order valence-corrected chi connectivity index (χ4v) is 5.86. The molecule has 2 saturated heterocycles. The summed E-state index contributed by atoms with van der Waals surface area (Å²) in [4.78, 5) is 0. The summed E-state index contributed by atoms with van der Waals surface area (Å²) in [5.41, 5.74) is 0.277. The summed E-state index contributed by atoms with van der Waals surface area (Å²) in [5.74, 6) is 1.26. The average Bonchev–Trinajstić information content (AvgIpc) is 3.33. The number of hydrogen-bond acceptors (Lipinski definition) is 6. The van der Waals surface area contributed by atoms with Gasteiger partial charge in [0.25, 0.3) is 0 Å². The van der Waals surface area contributed by atoms with Gasteiger partial charge in [0.2, 0.25) is 0 Å². The molecule has 2 heterocycles. The van der Waals surface area contributed by atoms with E-state index in [1.165, 1.54) is 6.42 Å². The van der Waals surface area contributed by atoms with Crippen LogP contribution in [-0.2, 0) is 18.9 Å². The lowest BCUT2D eigenvalue weighted by Gasteiger charge is -2.49. The van der Waals surface area contributed by atoms with Crippen molar-refractivity contribution < 1.29 is 29.2 Å². The zero-order valence-electron chi connectivity index (χ0n) is 17.6. The first-order valence-electron chi connectivity index (χ1n) is 10.8. The third-order valence-corrected chi connectivity index (χ3v) is 7.73. The van der Waals surface area contributed by atoms with Gasteiger partial charge in [-0.3, -0.25) is 0 Å². The Bertz CT molecular complexity index is 608. The summed E-state index contributed by atoms with van der Waals surface area (Å²) in [5, 5.41) is 21.1. The van der Waals surface area contributed by atoms with Crippen molar-refractivity contribution in [1.29, 1.82) is 0 Å². The first kappa shape index (κ1) is 20.8. The molecule has 1 spiro atoms. The van der Waals surface area contributed by atoms with Crippen LogP contribution >= 0.6 is 0 Å². The maximum atomic E-state index is 10.7. The molecule has 160 valence electrons. The lowest BCUT2D eigenvalue weighted by molar-refractivity contribution is -0.287. The molecule has 0 aromatic heterocycles. The number of rotatable bonds is 9. The summed E-state index contributed by atoms with van der Waals surface area (Å²) in [6, 6.07) is 0. The number of aliphatic hydroxyl groups is 2. The molecule has 2 N–H and O–H groups in total. The van der Waals surface area contributed by atoms with Crippen LogP contribution in [0.1, 0.15) is 53.4 Å². The SMILES string of the molecule is C=C(C)CC(C)(C(C)C)C(O)OCC(O)OC1C2OCCCC3CC4OC41C32. The Kier molecular flexibility index (Phi) is 5.43. The van der Waals surface area contributed by atoms with Crippen LogP contribution in [0.5, 0.6) is 0 Å². The van der Waals surface area contributed by atoms with E-state index in [-0.39, 0.29) is 36.4 Å². The van der Waals surface area contributed by atoms with Gasteiger partial charge in [0.15, 0.2) is 12.6 Å². The number of hydrogen-bond donors (Lipinski definition) is 2. The lowest BCUT2D eigenvalue weighted by atomic mass is 9.65. The molecule has 0 radical (unpaired) electrons. The molecule has 0 bridgehead atoms. The molecule has 9 atom stereocenters.